The summed E-state index contributed by atoms with van der Waals surface area (Å²) >= 11 is 7.93. The van der Waals surface area contributed by atoms with Gasteiger partial charge in [-0.15, -0.1) is 0 Å². The quantitative estimate of drug-likeness (QED) is 0.266. The third-order valence-electron chi connectivity index (χ3n) is 5.73. The zero-order chi connectivity index (χ0) is 27.7. The van der Waals surface area contributed by atoms with E-state index in [0.29, 0.717) is 18.0 Å². The summed E-state index contributed by atoms with van der Waals surface area (Å²) in [4.78, 5) is 12.9. The standard InChI is InChI=1S/C28H33ClN2O5S2/c1-20-14-21(2)16-23(15-20)31(38(33,34)24-10-11-26(35-3)27(17-24)36-4)18-28(32)30-12-7-13-37-19-22-8-5-6-9-25(22)29/h5-6,8-11,14-17H,7,12-13,18-19H2,1-4H3,(H,30,32). The number of sulfonamides is 1. The maximum absolute atomic E-state index is 13.8. The van der Waals surface area contributed by atoms with E-state index < -0.39 is 10.0 Å². The van der Waals surface area contributed by atoms with Crippen LogP contribution in [0.4, 0.5) is 5.69 Å². The molecule has 7 nitrogen and oxygen atoms in total. The van der Waals surface area contributed by atoms with Crippen LogP contribution < -0.4 is 19.1 Å². The van der Waals surface area contributed by atoms with Crippen LogP contribution in [0.2, 0.25) is 5.02 Å². The van der Waals surface area contributed by atoms with Gasteiger partial charge in [-0.25, -0.2) is 8.42 Å². The lowest BCUT2D eigenvalue weighted by molar-refractivity contribution is -0.119. The second kappa shape index (κ2) is 13.8. The molecule has 0 heterocycles. The van der Waals surface area contributed by atoms with Gasteiger partial charge in [-0.2, -0.15) is 11.8 Å². The molecule has 0 aliphatic carbocycles. The first kappa shape index (κ1) is 29.7. The van der Waals surface area contributed by atoms with Crippen LogP contribution in [0.25, 0.3) is 0 Å². The number of nitrogens with one attached hydrogen (secondary N) is 1. The molecule has 0 spiro atoms. The molecule has 38 heavy (non-hydrogen) atoms. The largest absolute Gasteiger partial charge is 0.493 e. The van der Waals surface area contributed by atoms with Crippen molar-refractivity contribution in [3.63, 3.8) is 0 Å². The molecule has 0 saturated heterocycles. The number of benzene rings is 3. The van der Waals surface area contributed by atoms with Crippen LogP contribution in [0.3, 0.4) is 0 Å². The van der Waals surface area contributed by atoms with Gasteiger partial charge in [0, 0.05) is 23.4 Å². The van der Waals surface area contributed by atoms with Crippen molar-refractivity contribution in [1.29, 1.82) is 0 Å². The molecule has 0 bridgehead atoms. The number of ether oxygens (including phenoxy) is 2. The summed E-state index contributed by atoms with van der Waals surface area (Å²) in [5, 5.41) is 3.60. The molecular formula is C28H33ClN2O5S2. The van der Waals surface area contributed by atoms with Crippen LogP contribution in [-0.4, -0.2) is 47.4 Å². The number of rotatable bonds is 13. The van der Waals surface area contributed by atoms with Crippen molar-refractivity contribution in [2.45, 2.75) is 30.9 Å². The van der Waals surface area contributed by atoms with Crippen LogP contribution in [0, 0.1) is 13.8 Å². The lowest BCUT2D eigenvalue weighted by Gasteiger charge is -2.25. The molecule has 0 aliphatic rings. The van der Waals surface area contributed by atoms with Crippen molar-refractivity contribution in [2.75, 3.05) is 37.4 Å². The van der Waals surface area contributed by atoms with Crippen molar-refractivity contribution in [3.8, 4) is 11.5 Å². The van der Waals surface area contributed by atoms with Gasteiger partial charge in [-0.1, -0.05) is 35.9 Å². The molecular weight excluding hydrogens is 544 g/mol. The van der Waals surface area contributed by atoms with E-state index in [1.807, 2.05) is 44.2 Å². The minimum atomic E-state index is -4.09. The monoisotopic (exact) mass is 576 g/mol. The molecule has 0 aromatic heterocycles. The van der Waals surface area contributed by atoms with Crippen LogP contribution in [0.5, 0.6) is 11.5 Å². The molecule has 0 atom stereocenters. The number of hydrogen-bond acceptors (Lipinski definition) is 6. The first-order valence-electron chi connectivity index (χ1n) is 12.1. The Morgan fingerprint density at radius 2 is 1.66 bits per heavy atom. The summed E-state index contributed by atoms with van der Waals surface area (Å²) in [5.41, 5.74) is 3.28. The van der Waals surface area contributed by atoms with Gasteiger partial charge in [0.2, 0.25) is 5.91 Å². The number of methoxy groups -OCH3 is 2. The number of nitrogens with zero attached hydrogens (tertiary/aromatic N) is 1. The van der Waals surface area contributed by atoms with Crippen LogP contribution in [0.15, 0.2) is 65.6 Å². The van der Waals surface area contributed by atoms with Gasteiger partial charge in [0.05, 0.1) is 24.8 Å². The van der Waals surface area contributed by atoms with Crippen molar-refractivity contribution in [3.05, 3.63) is 82.4 Å². The van der Waals surface area contributed by atoms with E-state index in [2.05, 4.69) is 5.32 Å². The zero-order valence-electron chi connectivity index (χ0n) is 22.0. The highest BCUT2D eigenvalue weighted by Gasteiger charge is 2.28. The highest BCUT2D eigenvalue weighted by Crippen LogP contribution is 2.32. The fraction of sp³-hybridized carbons (Fsp3) is 0.321. The lowest BCUT2D eigenvalue weighted by Crippen LogP contribution is -2.41. The highest BCUT2D eigenvalue weighted by molar-refractivity contribution is 7.98. The van der Waals surface area contributed by atoms with Crippen molar-refractivity contribution >= 4 is 45.0 Å². The first-order chi connectivity index (χ1) is 18.1. The van der Waals surface area contributed by atoms with Gasteiger partial charge >= 0.3 is 0 Å². The number of carbonyl (C=O) groups is 1. The first-order valence-corrected chi connectivity index (χ1v) is 15.0. The molecule has 0 radical (unpaired) electrons. The zero-order valence-corrected chi connectivity index (χ0v) is 24.4. The van der Waals surface area contributed by atoms with E-state index in [1.165, 1.54) is 32.4 Å². The minimum absolute atomic E-state index is 0.00178. The fourth-order valence-electron chi connectivity index (χ4n) is 3.90. The van der Waals surface area contributed by atoms with Gasteiger partial charge < -0.3 is 14.8 Å². The summed E-state index contributed by atoms with van der Waals surface area (Å²) in [7, 11) is -1.17. The van der Waals surface area contributed by atoms with Gasteiger partial charge in [0.1, 0.15) is 6.54 Å². The molecule has 0 saturated carbocycles. The number of hydrogen-bond donors (Lipinski definition) is 1. The van der Waals surface area contributed by atoms with Crippen molar-refractivity contribution in [2.24, 2.45) is 0 Å². The molecule has 0 fully saturated rings. The molecule has 3 rings (SSSR count). The van der Waals surface area contributed by atoms with Gasteiger partial charge in [0.25, 0.3) is 10.0 Å². The molecule has 1 amide bonds. The van der Waals surface area contributed by atoms with E-state index in [-0.39, 0.29) is 23.1 Å². The van der Waals surface area contributed by atoms with Gasteiger partial charge in [0.15, 0.2) is 11.5 Å². The molecule has 1 N–H and O–H groups in total. The maximum atomic E-state index is 13.8. The summed E-state index contributed by atoms with van der Waals surface area (Å²) in [6.45, 7) is 3.86. The maximum Gasteiger partial charge on any atom is 0.264 e. The number of halogens is 1. The minimum Gasteiger partial charge on any atom is -0.493 e. The Morgan fingerprint density at radius 1 is 0.974 bits per heavy atom. The molecule has 0 unspecified atom stereocenters. The summed E-state index contributed by atoms with van der Waals surface area (Å²) in [5.74, 6) is 1.93. The molecule has 10 heteroatoms. The summed E-state index contributed by atoms with van der Waals surface area (Å²) in [6.07, 6.45) is 0.743. The van der Waals surface area contributed by atoms with Gasteiger partial charge in [-0.3, -0.25) is 9.10 Å². The number of anilines is 1. The third-order valence-corrected chi connectivity index (χ3v) is 8.96. The van der Waals surface area contributed by atoms with Crippen LogP contribution in [0.1, 0.15) is 23.1 Å². The second-order valence-corrected chi connectivity index (χ2v) is 12.1. The smallest absolute Gasteiger partial charge is 0.264 e. The van der Waals surface area contributed by atoms with Crippen molar-refractivity contribution in [1.82, 2.24) is 5.32 Å². The van der Waals surface area contributed by atoms with E-state index in [4.69, 9.17) is 21.1 Å². The number of carbonyl (C=O) groups excluding carboxylic acids is 1. The molecule has 3 aromatic rings. The van der Waals surface area contributed by atoms with E-state index in [9.17, 15) is 13.2 Å². The predicted octanol–water partition coefficient (Wildman–Crippen LogP) is 5.61. The Balaban J connectivity index is 1.70. The summed E-state index contributed by atoms with van der Waals surface area (Å²) in [6, 6.07) is 17.6. The third kappa shape index (κ3) is 7.82. The van der Waals surface area contributed by atoms with E-state index in [0.717, 1.165) is 43.9 Å². The molecule has 204 valence electrons. The lowest BCUT2D eigenvalue weighted by atomic mass is 10.1. The average molecular weight is 577 g/mol. The molecule has 0 aliphatic heterocycles. The Labute approximate surface area is 234 Å². The normalized spacial score (nSPS) is 11.2. The predicted molar refractivity (Wildman–Crippen MR) is 155 cm³/mol. The molecule has 3 aromatic carbocycles. The van der Waals surface area contributed by atoms with E-state index >= 15 is 0 Å². The van der Waals surface area contributed by atoms with E-state index in [1.54, 1.807) is 23.9 Å². The number of amides is 1. The average Bonchev–Trinajstić information content (AvgIpc) is 2.89. The Hall–Kier alpha value is -2.88. The second-order valence-electron chi connectivity index (χ2n) is 8.72. The summed E-state index contributed by atoms with van der Waals surface area (Å²) < 4.78 is 39.2. The number of thioether (sulfide) groups is 1. The van der Waals surface area contributed by atoms with Gasteiger partial charge in [-0.05, 0) is 73.0 Å². The number of aryl methyl sites for hydroxylation is 2. The Morgan fingerprint density at radius 3 is 2.32 bits per heavy atom. The van der Waals surface area contributed by atoms with Crippen LogP contribution in [-0.2, 0) is 20.6 Å². The fourth-order valence-corrected chi connectivity index (χ4v) is 6.57. The van der Waals surface area contributed by atoms with Crippen molar-refractivity contribution < 1.29 is 22.7 Å². The highest BCUT2D eigenvalue weighted by atomic mass is 35.5. The topological polar surface area (TPSA) is 84.9 Å². The Kier molecular flexibility index (Phi) is 10.8. The van der Waals surface area contributed by atoms with Crippen LogP contribution >= 0.6 is 23.4 Å². The Bertz CT molecular complexity index is 1340. The SMILES string of the molecule is COc1ccc(S(=O)(=O)N(CC(=O)NCCCSCc2ccccc2Cl)c2cc(C)cc(C)c2)cc1OC.